The molecule has 0 unspecified atom stereocenters. The van der Waals surface area contributed by atoms with Crippen LogP contribution in [0.5, 0.6) is 0 Å². The fourth-order valence-corrected chi connectivity index (χ4v) is 3.22. The zero-order chi connectivity index (χ0) is 16.7. The minimum absolute atomic E-state index is 0.143. The van der Waals surface area contributed by atoms with Gasteiger partial charge in [-0.05, 0) is 23.6 Å². The summed E-state index contributed by atoms with van der Waals surface area (Å²) < 4.78 is 1.20. The molecule has 120 valence electrons. The second-order valence-corrected chi connectivity index (χ2v) is 6.31. The van der Waals surface area contributed by atoms with Gasteiger partial charge in [-0.15, -0.1) is 11.3 Å². The van der Waals surface area contributed by atoms with E-state index in [1.54, 1.807) is 11.3 Å². The zero-order valence-electron chi connectivity index (χ0n) is 12.6. The first kappa shape index (κ1) is 14.5. The Morgan fingerprint density at radius 3 is 2.62 bits per heavy atom. The lowest BCUT2D eigenvalue weighted by atomic mass is 10.2. The number of fused-ring (bicyclic) bond motifs is 2. The van der Waals surface area contributed by atoms with Crippen LogP contribution in [0.15, 0.2) is 41.8 Å². The molecule has 1 amide bonds. The Morgan fingerprint density at radius 2 is 1.92 bits per heavy atom. The Kier molecular flexibility index (Phi) is 3.31. The highest BCUT2D eigenvalue weighted by atomic mass is 32.1. The third-order valence-electron chi connectivity index (χ3n) is 3.76. The van der Waals surface area contributed by atoms with E-state index in [9.17, 15) is 4.79 Å². The summed E-state index contributed by atoms with van der Waals surface area (Å²) in [6.45, 7) is 0.425. The topological polar surface area (TPSA) is 112 Å². The predicted molar refractivity (Wildman–Crippen MR) is 95.1 cm³/mol. The molecular weight excluding hydrogens is 324 g/mol. The molecule has 0 saturated carbocycles. The van der Waals surface area contributed by atoms with Crippen molar-refractivity contribution in [3.05, 3.63) is 52.2 Å². The van der Waals surface area contributed by atoms with Gasteiger partial charge in [0.15, 0.2) is 5.65 Å². The van der Waals surface area contributed by atoms with Crippen molar-refractivity contribution in [3.8, 4) is 0 Å². The third kappa shape index (κ3) is 2.24. The van der Waals surface area contributed by atoms with E-state index in [2.05, 4.69) is 15.3 Å². The number of amides is 1. The number of anilines is 1. The molecule has 4 rings (SSSR count). The number of carbonyl (C=O) groups is 1. The highest BCUT2D eigenvalue weighted by Crippen LogP contribution is 2.25. The molecule has 8 heteroatoms. The second-order valence-electron chi connectivity index (χ2n) is 5.28. The van der Waals surface area contributed by atoms with Gasteiger partial charge in [0.2, 0.25) is 0 Å². The summed E-state index contributed by atoms with van der Waals surface area (Å²) in [4.78, 5) is 22.6. The van der Waals surface area contributed by atoms with E-state index in [-0.39, 0.29) is 17.3 Å². The van der Waals surface area contributed by atoms with Crippen LogP contribution in [0.4, 0.5) is 5.82 Å². The van der Waals surface area contributed by atoms with Gasteiger partial charge in [0.25, 0.3) is 5.91 Å². The van der Waals surface area contributed by atoms with Gasteiger partial charge < -0.3 is 16.9 Å². The molecule has 7 nitrogen and oxygen atoms in total. The number of nitrogen functional groups attached to an aromatic ring is 2. The summed E-state index contributed by atoms with van der Waals surface area (Å²) in [5, 5.41) is 4.81. The van der Waals surface area contributed by atoms with Crippen LogP contribution in [0.2, 0.25) is 0 Å². The highest BCUT2D eigenvalue weighted by Gasteiger charge is 2.22. The average molecular weight is 338 g/mol. The molecule has 0 aliphatic carbocycles. The van der Waals surface area contributed by atoms with Crippen molar-refractivity contribution in [3.63, 3.8) is 0 Å². The summed E-state index contributed by atoms with van der Waals surface area (Å²) in [5.74, 6) is 5.79. The van der Waals surface area contributed by atoms with Crippen molar-refractivity contribution in [2.24, 2.45) is 0 Å². The van der Waals surface area contributed by atoms with E-state index >= 15 is 0 Å². The van der Waals surface area contributed by atoms with E-state index in [1.807, 2.05) is 41.8 Å². The number of carbonyl (C=O) groups excluding carboxylic acids is 1. The van der Waals surface area contributed by atoms with Crippen LogP contribution in [0.1, 0.15) is 15.2 Å². The minimum Gasteiger partial charge on any atom is -0.383 e. The van der Waals surface area contributed by atoms with Crippen molar-refractivity contribution in [1.82, 2.24) is 20.0 Å². The molecule has 24 heavy (non-hydrogen) atoms. The van der Waals surface area contributed by atoms with Gasteiger partial charge in [-0.2, -0.15) is 0 Å². The number of hydrogen-bond donors (Lipinski definition) is 3. The quantitative estimate of drug-likeness (QED) is 0.494. The number of hydrogen-bond acceptors (Lipinski definition) is 6. The summed E-state index contributed by atoms with van der Waals surface area (Å²) >= 11 is 1.57. The molecule has 3 aromatic heterocycles. The summed E-state index contributed by atoms with van der Waals surface area (Å²) in [7, 11) is 0. The van der Waals surface area contributed by atoms with Gasteiger partial charge in [0.1, 0.15) is 16.9 Å². The molecule has 0 spiro atoms. The smallest absolute Gasteiger partial charge is 0.257 e. The molecule has 0 radical (unpaired) electrons. The van der Waals surface area contributed by atoms with Crippen molar-refractivity contribution < 1.29 is 4.79 Å². The van der Waals surface area contributed by atoms with Gasteiger partial charge in [-0.25, -0.2) is 14.6 Å². The molecule has 5 N–H and O–H groups in total. The molecule has 4 aromatic rings. The number of benzene rings is 1. The largest absolute Gasteiger partial charge is 0.383 e. The predicted octanol–water partition coefficient (Wildman–Crippen LogP) is 1.87. The van der Waals surface area contributed by atoms with E-state index in [1.165, 1.54) is 4.68 Å². The zero-order valence-corrected chi connectivity index (χ0v) is 13.4. The normalized spacial score (nSPS) is 11.2. The van der Waals surface area contributed by atoms with Gasteiger partial charge in [0.05, 0.1) is 17.6 Å². The lowest BCUT2D eigenvalue weighted by Gasteiger charge is -2.03. The lowest BCUT2D eigenvalue weighted by Crippen LogP contribution is -2.24. The van der Waals surface area contributed by atoms with E-state index < -0.39 is 0 Å². The lowest BCUT2D eigenvalue weighted by molar-refractivity contribution is 0.0953. The average Bonchev–Trinajstić information content (AvgIpc) is 3.19. The summed E-state index contributed by atoms with van der Waals surface area (Å²) in [6.07, 6.45) is 0. The second kappa shape index (κ2) is 5.50. The van der Waals surface area contributed by atoms with Crippen LogP contribution in [0.25, 0.3) is 22.2 Å². The fraction of sp³-hybridized carbons (Fsp3) is 0.0625. The standard InChI is InChI=1S/C16H14N6OS/c17-14-12(16(23)19-8-9-4-3-7-24-9)13-15(22(14)18)21-11-6-2-1-5-10(11)20-13/h1-7H,8,17-18H2,(H,19,23). The van der Waals surface area contributed by atoms with Gasteiger partial charge in [0, 0.05) is 4.88 Å². The molecule has 0 aliphatic rings. The Bertz CT molecular complexity index is 1050. The van der Waals surface area contributed by atoms with E-state index in [0.717, 1.165) is 4.88 Å². The van der Waals surface area contributed by atoms with Gasteiger partial charge in [-0.1, -0.05) is 18.2 Å². The molecule has 0 atom stereocenters. The Morgan fingerprint density at radius 1 is 1.17 bits per heavy atom. The summed E-state index contributed by atoms with van der Waals surface area (Å²) in [6, 6.07) is 11.3. The van der Waals surface area contributed by atoms with Crippen LogP contribution >= 0.6 is 11.3 Å². The first-order chi connectivity index (χ1) is 11.6. The maximum atomic E-state index is 12.6. The SMILES string of the molecule is Nc1c(C(=O)NCc2cccs2)c2nc3ccccc3nc2n1N. The number of thiophene rings is 1. The number of aromatic nitrogens is 3. The van der Waals surface area contributed by atoms with Crippen molar-refractivity contribution >= 4 is 45.3 Å². The molecule has 1 aromatic carbocycles. The fourth-order valence-electron chi connectivity index (χ4n) is 2.58. The third-order valence-corrected chi connectivity index (χ3v) is 4.64. The Labute approximate surface area is 140 Å². The van der Waals surface area contributed by atoms with E-state index in [4.69, 9.17) is 11.6 Å². The first-order valence-electron chi connectivity index (χ1n) is 7.27. The van der Waals surface area contributed by atoms with Crippen LogP contribution in [0.3, 0.4) is 0 Å². The maximum Gasteiger partial charge on any atom is 0.257 e. The molecule has 0 bridgehead atoms. The maximum absolute atomic E-state index is 12.6. The number of nitrogens with zero attached hydrogens (tertiary/aromatic N) is 3. The van der Waals surface area contributed by atoms with Crippen LogP contribution in [-0.4, -0.2) is 20.6 Å². The first-order valence-corrected chi connectivity index (χ1v) is 8.15. The van der Waals surface area contributed by atoms with E-state index in [0.29, 0.717) is 28.7 Å². The number of nitrogens with one attached hydrogen (secondary N) is 1. The van der Waals surface area contributed by atoms with Crippen molar-refractivity contribution in [1.29, 1.82) is 0 Å². The Hall–Kier alpha value is -3.13. The van der Waals surface area contributed by atoms with Crippen LogP contribution in [0, 0.1) is 0 Å². The van der Waals surface area contributed by atoms with Crippen LogP contribution < -0.4 is 16.9 Å². The number of rotatable bonds is 3. The van der Waals surface area contributed by atoms with Crippen molar-refractivity contribution in [2.75, 3.05) is 11.6 Å². The number of para-hydroxylation sites is 2. The Balaban J connectivity index is 1.80. The van der Waals surface area contributed by atoms with Crippen molar-refractivity contribution in [2.45, 2.75) is 6.54 Å². The van der Waals surface area contributed by atoms with Gasteiger partial charge in [-0.3, -0.25) is 4.79 Å². The van der Waals surface area contributed by atoms with Gasteiger partial charge >= 0.3 is 0 Å². The molecule has 0 aliphatic heterocycles. The molecule has 0 fully saturated rings. The minimum atomic E-state index is -0.320. The highest BCUT2D eigenvalue weighted by molar-refractivity contribution is 7.09. The number of nitrogens with two attached hydrogens (primary N) is 2. The molecule has 3 heterocycles. The monoisotopic (exact) mass is 338 g/mol. The van der Waals surface area contributed by atoms with Crippen LogP contribution in [-0.2, 0) is 6.54 Å². The molecule has 0 saturated heterocycles. The summed E-state index contributed by atoms with van der Waals surface area (Å²) in [5.41, 5.74) is 8.44. The molecular formula is C16H14N6OS.